The van der Waals surface area contributed by atoms with Gasteiger partial charge in [-0.3, -0.25) is 9.59 Å². The molecule has 0 radical (unpaired) electrons. The number of Topliss-reactive ketones (excluding diaryl/α,β-unsaturated/α-hetero) is 2. The molecule has 2 rings (SSSR count). The van der Waals surface area contributed by atoms with Crippen LogP contribution in [0.25, 0.3) is 0 Å². The lowest BCUT2D eigenvalue weighted by atomic mass is 9.94. The molecule has 0 aromatic heterocycles. The minimum atomic E-state index is -4.77. The van der Waals surface area contributed by atoms with E-state index in [4.69, 9.17) is 0 Å². The van der Waals surface area contributed by atoms with Gasteiger partial charge in [0.1, 0.15) is 0 Å². The van der Waals surface area contributed by atoms with Crippen LogP contribution in [0.2, 0.25) is 0 Å². The van der Waals surface area contributed by atoms with E-state index < -0.39 is 23.3 Å². The van der Waals surface area contributed by atoms with Crippen molar-refractivity contribution in [2.24, 2.45) is 0 Å². The third-order valence-electron chi connectivity index (χ3n) is 3.36. The van der Waals surface area contributed by atoms with Gasteiger partial charge < -0.3 is 0 Å². The number of hydrogen-bond donors (Lipinski definition) is 0. The Morgan fingerprint density at radius 1 is 0.833 bits per heavy atom. The van der Waals surface area contributed by atoms with Gasteiger partial charge in [-0.1, -0.05) is 47.5 Å². The second-order valence-corrected chi connectivity index (χ2v) is 5.50. The summed E-state index contributed by atoms with van der Waals surface area (Å²) in [6, 6.07) is 12.2. The zero-order chi connectivity index (χ0) is 17.9. The van der Waals surface area contributed by atoms with E-state index in [-0.39, 0.29) is 17.2 Å². The van der Waals surface area contributed by atoms with Crippen LogP contribution in [0, 0.1) is 13.8 Å². The van der Waals surface area contributed by atoms with Crippen molar-refractivity contribution in [2.45, 2.75) is 20.0 Å². The van der Waals surface area contributed by atoms with E-state index in [0.717, 1.165) is 11.1 Å². The average molecular weight is 332 g/mol. The van der Waals surface area contributed by atoms with Gasteiger partial charge in [0.15, 0.2) is 11.6 Å². The number of halogens is 3. The first kappa shape index (κ1) is 17.7. The quantitative estimate of drug-likeness (QED) is 0.347. The molecule has 2 aromatic carbocycles. The van der Waals surface area contributed by atoms with Gasteiger partial charge in [-0.05, 0) is 26.0 Å². The number of benzene rings is 2. The first-order valence-corrected chi connectivity index (χ1v) is 7.20. The number of rotatable bonds is 4. The predicted octanol–water partition coefficient (Wildman–Crippen LogP) is 4.86. The fourth-order valence-electron chi connectivity index (χ4n) is 2.28. The minimum absolute atomic E-state index is 0.0477. The van der Waals surface area contributed by atoms with Gasteiger partial charge >= 0.3 is 6.18 Å². The molecule has 0 heterocycles. The van der Waals surface area contributed by atoms with Gasteiger partial charge in [0.05, 0.1) is 5.57 Å². The number of allylic oxidation sites excluding steroid dienone is 2. The number of aryl methyl sites for hydroxylation is 2. The van der Waals surface area contributed by atoms with Crippen molar-refractivity contribution in [3.8, 4) is 0 Å². The maximum absolute atomic E-state index is 12.8. The highest BCUT2D eigenvalue weighted by atomic mass is 19.4. The normalized spacial score (nSPS) is 11.0. The van der Waals surface area contributed by atoms with Gasteiger partial charge in [0, 0.05) is 17.2 Å². The summed E-state index contributed by atoms with van der Waals surface area (Å²) in [5, 5.41) is 0. The number of hydrogen-bond acceptors (Lipinski definition) is 2. The lowest BCUT2D eigenvalue weighted by Gasteiger charge is -2.09. The maximum atomic E-state index is 12.8. The SMILES string of the molecule is Cc1cccc(C(=O)C(=CC(F)(F)F)C(=O)c2cccc(C)c2)c1. The van der Waals surface area contributed by atoms with Gasteiger partial charge in [0.25, 0.3) is 0 Å². The van der Waals surface area contributed by atoms with Crippen LogP contribution in [0.3, 0.4) is 0 Å². The Morgan fingerprint density at radius 2 is 1.25 bits per heavy atom. The highest BCUT2D eigenvalue weighted by Gasteiger charge is 2.31. The van der Waals surface area contributed by atoms with Crippen molar-refractivity contribution in [3.05, 3.63) is 82.4 Å². The Hall–Kier alpha value is -2.69. The van der Waals surface area contributed by atoms with E-state index in [2.05, 4.69) is 0 Å². The van der Waals surface area contributed by atoms with E-state index in [9.17, 15) is 22.8 Å². The van der Waals surface area contributed by atoms with Crippen molar-refractivity contribution in [2.75, 3.05) is 0 Å². The lowest BCUT2D eigenvalue weighted by Crippen LogP contribution is -2.18. The van der Waals surface area contributed by atoms with Crippen LogP contribution in [0.1, 0.15) is 31.8 Å². The van der Waals surface area contributed by atoms with Crippen molar-refractivity contribution in [3.63, 3.8) is 0 Å². The third kappa shape index (κ3) is 4.41. The summed E-state index contributed by atoms with van der Waals surface area (Å²) in [7, 11) is 0. The molecular formula is C19H15F3O2. The Bertz CT molecular complexity index is 758. The number of ketones is 2. The molecule has 5 heteroatoms. The summed E-state index contributed by atoms with van der Waals surface area (Å²) in [5.74, 6) is -1.88. The molecular weight excluding hydrogens is 317 g/mol. The molecule has 2 aromatic rings. The van der Waals surface area contributed by atoms with Gasteiger partial charge in [-0.2, -0.15) is 13.2 Å². The Kier molecular flexibility index (Phi) is 5.02. The van der Waals surface area contributed by atoms with E-state index >= 15 is 0 Å². The highest BCUT2D eigenvalue weighted by molar-refractivity contribution is 6.31. The molecule has 0 amide bonds. The molecule has 0 aliphatic rings. The topological polar surface area (TPSA) is 34.1 Å². The van der Waals surface area contributed by atoms with Crippen LogP contribution >= 0.6 is 0 Å². The molecule has 24 heavy (non-hydrogen) atoms. The zero-order valence-electron chi connectivity index (χ0n) is 13.1. The van der Waals surface area contributed by atoms with Crippen molar-refractivity contribution >= 4 is 11.6 Å². The van der Waals surface area contributed by atoms with Crippen LogP contribution in [0.4, 0.5) is 13.2 Å². The van der Waals surface area contributed by atoms with Crippen LogP contribution in [0.15, 0.2) is 60.2 Å². The molecule has 0 atom stereocenters. The Balaban J connectivity index is 2.52. The van der Waals surface area contributed by atoms with Crippen molar-refractivity contribution in [1.82, 2.24) is 0 Å². The highest BCUT2D eigenvalue weighted by Crippen LogP contribution is 2.24. The van der Waals surface area contributed by atoms with Crippen LogP contribution in [0.5, 0.6) is 0 Å². The van der Waals surface area contributed by atoms with Crippen LogP contribution in [-0.2, 0) is 0 Å². The molecule has 124 valence electrons. The molecule has 0 saturated heterocycles. The Labute approximate surface area is 137 Å². The van der Waals surface area contributed by atoms with E-state index in [1.54, 1.807) is 38.1 Å². The summed E-state index contributed by atoms with van der Waals surface area (Å²) in [6.07, 6.45) is -4.99. The molecule has 0 fully saturated rings. The minimum Gasteiger partial charge on any atom is -0.288 e. The average Bonchev–Trinajstić information content (AvgIpc) is 2.50. The molecule has 0 unspecified atom stereocenters. The van der Waals surface area contributed by atoms with Gasteiger partial charge in [-0.25, -0.2) is 0 Å². The predicted molar refractivity (Wildman–Crippen MR) is 85.2 cm³/mol. The van der Waals surface area contributed by atoms with E-state index in [0.29, 0.717) is 0 Å². The molecule has 0 aliphatic carbocycles. The molecule has 0 bridgehead atoms. The summed E-state index contributed by atoms with van der Waals surface area (Å²) >= 11 is 0. The number of alkyl halides is 3. The van der Waals surface area contributed by atoms with Gasteiger partial charge in [-0.15, -0.1) is 0 Å². The molecule has 0 saturated carbocycles. The summed E-state index contributed by atoms with van der Waals surface area (Å²) in [5.41, 5.74) is 0.641. The van der Waals surface area contributed by atoms with Gasteiger partial charge in [0.2, 0.25) is 0 Å². The largest absolute Gasteiger partial charge is 0.410 e. The summed E-state index contributed by atoms with van der Waals surface area (Å²) in [6.45, 7) is 3.43. The monoisotopic (exact) mass is 332 g/mol. The first-order valence-electron chi connectivity index (χ1n) is 7.20. The third-order valence-corrected chi connectivity index (χ3v) is 3.36. The molecule has 0 spiro atoms. The van der Waals surface area contributed by atoms with Crippen LogP contribution < -0.4 is 0 Å². The van der Waals surface area contributed by atoms with E-state index in [1.165, 1.54) is 24.3 Å². The lowest BCUT2D eigenvalue weighted by molar-refractivity contribution is -0.0803. The second-order valence-electron chi connectivity index (χ2n) is 5.50. The summed E-state index contributed by atoms with van der Waals surface area (Å²) < 4.78 is 38.5. The number of carbonyl (C=O) groups excluding carboxylic acids is 2. The first-order chi connectivity index (χ1) is 11.2. The number of carbonyl (C=O) groups is 2. The standard InChI is InChI=1S/C19H15F3O2/c1-12-5-3-7-14(9-12)17(23)16(11-19(20,21)22)18(24)15-8-4-6-13(2)10-15/h3-11H,1-2H3. The molecule has 2 nitrogen and oxygen atoms in total. The zero-order valence-corrected chi connectivity index (χ0v) is 13.1. The molecule has 0 N–H and O–H groups in total. The second kappa shape index (κ2) is 6.83. The van der Waals surface area contributed by atoms with Crippen molar-refractivity contribution < 1.29 is 22.8 Å². The Morgan fingerprint density at radius 3 is 1.58 bits per heavy atom. The summed E-state index contributed by atoms with van der Waals surface area (Å²) in [4.78, 5) is 25.0. The molecule has 0 aliphatic heterocycles. The van der Waals surface area contributed by atoms with E-state index in [1.807, 2.05) is 0 Å². The fraction of sp³-hybridized carbons (Fsp3) is 0.158. The smallest absolute Gasteiger partial charge is 0.288 e. The van der Waals surface area contributed by atoms with Crippen LogP contribution in [-0.4, -0.2) is 17.7 Å². The fourth-order valence-corrected chi connectivity index (χ4v) is 2.28. The van der Waals surface area contributed by atoms with Crippen molar-refractivity contribution in [1.29, 1.82) is 0 Å². The maximum Gasteiger partial charge on any atom is 0.410 e.